The number of aliphatic imine (C=N–C) groups is 1. The lowest BCUT2D eigenvalue weighted by Gasteiger charge is -2.11. The van der Waals surface area contributed by atoms with Gasteiger partial charge in [0.1, 0.15) is 0 Å². The van der Waals surface area contributed by atoms with Gasteiger partial charge in [-0.3, -0.25) is 0 Å². The Labute approximate surface area is 144 Å². The molecule has 0 saturated carbocycles. The molecule has 24 heavy (non-hydrogen) atoms. The molecular formula is C20H27N3O. The Hall–Kier alpha value is -2.33. The fourth-order valence-electron chi connectivity index (χ4n) is 2.48. The van der Waals surface area contributed by atoms with E-state index in [1.165, 1.54) is 5.56 Å². The summed E-state index contributed by atoms with van der Waals surface area (Å²) in [5, 5.41) is 3.14. The number of hydrogen-bond acceptors (Lipinski definition) is 2. The molecule has 2 aromatic rings. The first-order chi connectivity index (χ1) is 11.6. The summed E-state index contributed by atoms with van der Waals surface area (Å²) in [6.45, 7) is 5.58. The monoisotopic (exact) mass is 325 g/mol. The molecule has 4 nitrogen and oxygen atoms in total. The molecule has 128 valence electrons. The molecule has 0 aliphatic heterocycles. The number of ether oxygens (including phenoxy) is 1. The third kappa shape index (κ3) is 5.39. The van der Waals surface area contributed by atoms with E-state index in [4.69, 9.17) is 10.5 Å². The zero-order chi connectivity index (χ0) is 17.4. The fraction of sp³-hybridized carbons (Fsp3) is 0.350. The predicted octanol–water partition coefficient (Wildman–Crippen LogP) is 4.27. The van der Waals surface area contributed by atoms with Gasteiger partial charge in [0.25, 0.3) is 0 Å². The van der Waals surface area contributed by atoms with E-state index in [1.807, 2.05) is 30.3 Å². The SMILES string of the molecule is CCC(C)c1ccc(NC(N)=NCc2cccc(COC)c2)cc1. The summed E-state index contributed by atoms with van der Waals surface area (Å²) >= 11 is 0. The molecule has 0 spiro atoms. The Balaban J connectivity index is 1.95. The zero-order valence-corrected chi connectivity index (χ0v) is 14.8. The van der Waals surface area contributed by atoms with E-state index in [-0.39, 0.29) is 0 Å². The van der Waals surface area contributed by atoms with Gasteiger partial charge < -0.3 is 15.8 Å². The number of nitrogens with one attached hydrogen (secondary N) is 1. The molecule has 3 N–H and O–H groups in total. The number of methoxy groups -OCH3 is 1. The molecular weight excluding hydrogens is 298 g/mol. The van der Waals surface area contributed by atoms with Gasteiger partial charge in [-0.05, 0) is 41.2 Å². The van der Waals surface area contributed by atoms with Crippen molar-refractivity contribution in [2.24, 2.45) is 10.7 Å². The van der Waals surface area contributed by atoms with Crippen molar-refractivity contribution in [2.75, 3.05) is 12.4 Å². The highest BCUT2D eigenvalue weighted by Gasteiger charge is 2.03. The third-order valence-corrected chi connectivity index (χ3v) is 4.10. The second-order valence-corrected chi connectivity index (χ2v) is 6.01. The third-order valence-electron chi connectivity index (χ3n) is 4.10. The lowest BCUT2D eigenvalue weighted by molar-refractivity contribution is 0.185. The number of nitrogens with zero attached hydrogens (tertiary/aromatic N) is 1. The Morgan fingerprint density at radius 2 is 1.88 bits per heavy atom. The molecule has 0 aliphatic rings. The first-order valence-electron chi connectivity index (χ1n) is 8.36. The second kappa shape index (κ2) is 9.08. The van der Waals surface area contributed by atoms with E-state index in [2.05, 4.69) is 42.4 Å². The van der Waals surface area contributed by atoms with Gasteiger partial charge in [0.05, 0.1) is 13.2 Å². The minimum absolute atomic E-state index is 0.420. The van der Waals surface area contributed by atoms with Crippen LogP contribution in [0.5, 0.6) is 0 Å². The maximum Gasteiger partial charge on any atom is 0.193 e. The lowest BCUT2D eigenvalue weighted by Crippen LogP contribution is -2.22. The van der Waals surface area contributed by atoms with Crippen LogP contribution in [-0.4, -0.2) is 13.1 Å². The summed E-state index contributed by atoms with van der Waals surface area (Å²) in [5.41, 5.74) is 10.5. The number of benzene rings is 2. The van der Waals surface area contributed by atoms with Crippen LogP contribution >= 0.6 is 0 Å². The van der Waals surface area contributed by atoms with Crippen LogP contribution in [0.2, 0.25) is 0 Å². The van der Waals surface area contributed by atoms with Crippen molar-refractivity contribution >= 4 is 11.6 Å². The summed E-state index contributed by atoms with van der Waals surface area (Å²) in [6.07, 6.45) is 1.14. The van der Waals surface area contributed by atoms with Gasteiger partial charge in [0, 0.05) is 12.8 Å². The van der Waals surface area contributed by atoms with E-state index in [0.29, 0.717) is 25.0 Å². The van der Waals surface area contributed by atoms with Crippen LogP contribution in [0.4, 0.5) is 5.69 Å². The van der Waals surface area contributed by atoms with Gasteiger partial charge in [0.15, 0.2) is 5.96 Å². The molecule has 0 aliphatic carbocycles. The van der Waals surface area contributed by atoms with Gasteiger partial charge in [-0.1, -0.05) is 50.2 Å². The Morgan fingerprint density at radius 3 is 2.54 bits per heavy atom. The normalized spacial score (nSPS) is 12.9. The highest BCUT2D eigenvalue weighted by atomic mass is 16.5. The van der Waals surface area contributed by atoms with Gasteiger partial charge >= 0.3 is 0 Å². The summed E-state index contributed by atoms with van der Waals surface area (Å²) in [4.78, 5) is 4.41. The Morgan fingerprint density at radius 1 is 1.17 bits per heavy atom. The number of rotatable bonds is 7. The molecule has 0 heterocycles. The van der Waals surface area contributed by atoms with Gasteiger partial charge in [-0.15, -0.1) is 0 Å². The maximum absolute atomic E-state index is 5.99. The van der Waals surface area contributed by atoms with Crippen molar-refractivity contribution in [3.05, 3.63) is 65.2 Å². The first-order valence-corrected chi connectivity index (χ1v) is 8.36. The summed E-state index contributed by atoms with van der Waals surface area (Å²) < 4.78 is 5.15. The topological polar surface area (TPSA) is 59.6 Å². The molecule has 4 heteroatoms. The van der Waals surface area contributed by atoms with Crippen LogP contribution in [0, 0.1) is 0 Å². The van der Waals surface area contributed by atoms with Crippen LogP contribution in [-0.2, 0) is 17.9 Å². The number of anilines is 1. The van der Waals surface area contributed by atoms with Crippen molar-refractivity contribution in [3.8, 4) is 0 Å². The van der Waals surface area contributed by atoms with Crippen molar-refractivity contribution < 1.29 is 4.74 Å². The van der Waals surface area contributed by atoms with Gasteiger partial charge in [0.2, 0.25) is 0 Å². The molecule has 0 amide bonds. The molecule has 1 unspecified atom stereocenters. The van der Waals surface area contributed by atoms with Crippen molar-refractivity contribution in [3.63, 3.8) is 0 Å². The average Bonchev–Trinajstić information content (AvgIpc) is 2.60. The smallest absolute Gasteiger partial charge is 0.193 e. The van der Waals surface area contributed by atoms with Crippen LogP contribution < -0.4 is 11.1 Å². The first kappa shape index (κ1) is 18.0. The molecule has 1 atom stereocenters. The van der Waals surface area contributed by atoms with Gasteiger partial charge in [-0.2, -0.15) is 0 Å². The van der Waals surface area contributed by atoms with Crippen molar-refractivity contribution in [1.29, 1.82) is 0 Å². The molecule has 0 fully saturated rings. The number of nitrogens with two attached hydrogens (primary N) is 1. The number of guanidine groups is 1. The largest absolute Gasteiger partial charge is 0.380 e. The number of hydrogen-bond donors (Lipinski definition) is 2. The quantitative estimate of drug-likeness (QED) is 0.590. The Bertz CT molecular complexity index is 665. The van der Waals surface area contributed by atoms with Crippen LogP contribution in [0.1, 0.15) is 42.9 Å². The van der Waals surface area contributed by atoms with Crippen molar-refractivity contribution in [1.82, 2.24) is 0 Å². The average molecular weight is 325 g/mol. The lowest BCUT2D eigenvalue weighted by atomic mass is 9.99. The summed E-state index contributed by atoms with van der Waals surface area (Å²) in [6, 6.07) is 16.5. The highest BCUT2D eigenvalue weighted by molar-refractivity contribution is 5.92. The minimum atomic E-state index is 0.420. The van der Waals surface area contributed by atoms with Crippen LogP contribution in [0.25, 0.3) is 0 Å². The van der Waals surface area contributed by atoms with Gasteiger partial charge in [-0.25, -0.2) is 4.99 Å². The Kier molecular flexibility index (Phi) is 6.82. The standard InChI is InChI=1S/C20H27N3O/c1-4-15(2)18-8-10-19(11-9-18)23-20(21)22-13-16-6-5-7-17(12-16)14-24-3/h5-12,15H,4,13-14H2,1-3H3,(H3,21,22,23). The second-order valence-electron chi connectivity index (χ2n) is 6.01. The minimum Gasteiger partial charge on any atom is -0.380 e. The summed E-state index contributed by atoms with van der Waals surface area (Å²) in [5.74, 6) is 0.993. The molecule has 0 aromatic heterocycles. The zero-order valence-electron chi connectivity index (χ0n) is 14.8. The molecule has 2 aromatic carbocycles. The highest BCUT2D eigenvalue weighted by Crippen LogP contribution is 2.20. The van der Waals surface area contributed by atoms with E-state index >= 15 is 0 Å². The predicted molar refractivity (Wildman–Crippen MR) is 101 cm³/mol. The van der Waals surface area contributed by atoms with Crippen LogP contribution in [0.3, 0.4) is 0 Å². The van der Waals surface area contributed by atoms with E-state index in [9.17, 15) is 0 Å². The maximum atomic E-state index is 5.99. The van der Waals surface area contributed by atoms with E-state index in [0.717, 1.165) is 23.2 Å². The molecule has 0 bridgehead atoms. The van der Waals surface area contributed by atoms with E-state index in [1.54, 1.807) is 7.11 Å². The van der Waals surface area contributed by atoms with E-state index < -0.39 is 0 Å². The fourth-order valence-corrected chi connectivity index (χ4v) is 2.48. The molecule has 0 saturated heterocycles. The van der Waals surface area contributed by atoms with Crippen molar-refractivity contribution in [2.45, 2.75) is 39.3 Å². The molecule has 2 rings (SSSR count). The molecule has 0 radical (unpaired) electrons. The summed E-state index contributed by atoms with van der Waals surface area (Å²) in [7, 11) is 1.69. The van der Waals surface area contributed by atoms with Crippen LogP contribution in [0.15, 0.2) is 53.5 Å².